The Bertz CT molecular complexity index is 766. The summed E-state index contributed by atoms with van der Waals surface area (Å²) >= 11 is 1.68. The third kappa shape index (κ3) is 9.78. The van der Waals surface area contributed by atoms with Crippen LogP contribution in [0.15, 0.2) is 23.6 Å². The Morgan fingerprint density at radius 1 is 1.19 bits per heavy atom. The van der Waals surface area contributed by atoms with E-state index in [4.69, 9.17) is 4.74 Å². The van der Waals surface area contributed by atoms with Crippen LogP contribution in [0.3, 0.4) is 0 Å². The highest BCUT2D eigenvalue weighted by atomic mass is 32.1. The van der Waals surface area contributed by atoms with E-state index in [0.717, 1.165) is 36.4 Å². The number of ether oxygens (including phenoxy) is 1. The van der Waals surface area contributed by atoms with E-state index in [0.29, 0.717) is 25.4 Å². The fraction of sp³-hybridized carbons (Fsp3) is 0.654. The van der Waals surface area contributed by atoms with Gasteiger partial charge in [-0.2, -0.15) is 0 Å². The molecule has 0 saturated carbocycles. The van der Waals surface area contributed by atoms with E-state index in [1.54, 1.807) is 32.1 Å². The second kappa shape index (κ2) is 14.4. The molecule has 2 rings (SSSR count). The maximum Gasteiger partial charge on any atom is 0.311 e. The maximum absolute atomic E-state index is 12.5. The number of hydrogen-bond acceptors (Lipinski definition) is 6. The number of nitrogens with zero attached hydrogens (tertiary/aromatic N) is 1. The Morgan fingerprint density at radius 2 is 1.88 bits per heavy atom. The lowest BCUT2D eigenvalue weighted by Gasteiger charge is -2.32. The van der Waals surface area contributed by atoms with Crippen molar-refractivity contribution in [1.29, 1.82) is 0 Å². The normalized spacial score (nSPS) is 26.8. The SMILES string of the molecule is C/C=C\c1csc(C)n1.CC1CCC/C=C\CCOC(=O)C(C)C(O)C(C)(C)C(=O)CC1. The molecule has 3 atom stereocenters. The molecular formula is C26H41NO4S. The third-order valence-electron chi connectivity index (χ3n) is 5.91. The molecule has 0 spiro atoms. The molecule has 180 valence electrons. The lowest BCUT2D eigenvalue weighted by Crippen LogP contribution is -2.44. The minimum atomic E-state index is -1.03. The van der Waals surface area contributed by atoms with E-state index in [-0.39, 0.29) is 5.78 Å². The number of carbonyl (C=O) groups excluding carboxylic acids is 2. The fourth-order valence-corrected chi connectivity index (χ4v) is 4.15. The van der Waals surface area contributed by atoms with E-state index in [9.17, 15) is 14.7 Å². The van der Waals surface area contributed by atoms with Crippen LogP contribution in [-0.2, 0) is 14.3 Å². The molecule has 1 N–H and O–H groups in total. The molecule has 1 aromatic heterocycles. The Labute approximate surface area is 198 Å². The van der Waals surface area contributed by atoms with Crippen LogP contribution in [-0.4, -0.2) is 34.6 Å². The highest BCUT2D eigenvalue weighted by molar-refractivity contribution is 7.09. The van der Waals surface area contributed by atoms with Crippen LogP contribution in [0, 0.1) is 24.2 Å². The average Bonchev–Trinajstić information content (AvgIpc) is 3.17. The predicted octanol–water partition coefficient (Wildman–Crippen LogP) is 6.15. The van der Waals surface area contributed by atoms with Crippen LogP contribution in [0.4, 0.5) is 0 Å². The number of hydrogen-bond donors (Lipinski definition) is 1. The summed E-state index contributed by atoms with van der Waals surface area (Å²) in [7, 11) is 0. The van der Waals surface area contributed by atoms with Gasteiger partial charge in [-0.25, -0.2) is 4.98 Å². The molecule has 2 heterocycles. The monoisotopic (exact) mass is 463 g/mol. The van der Waals surface area contributed by atoms with Gasteiger partial charge in [-0.1, -0.05) is 45.4 Å². The van der Waals surface area contributed by atoms with E-state index in [1.807, 2.05) is 32.1 Å². The van der Waals surface area contributed by atoms with Crippen molar-refractivity contribution in [1.82, 2.24) is 4.98 Å². The number of carbonyl (C=O) groups is 2. The van der Waals surface area contributed by atoms with Crippen molar-refractivity contribution in [3.05, 3.63) is 34.3 Å². The van der Waals surface area contributed by atoms with Gasteiger partial charge in [0, 0.05) is 11.8 Å². The van der Waals surface area contributed by atoms with Crippen molar-refractivity contribution < 1.29 is 19.4 Å². The number of aryl methyl sites for hydroxylation is 1. The Balaban J connectivity index is 0.000000471. The number of rotatable bonds is 1. The number of esters is 1. The lowest BCUT2D eigenvalue weighted by atomic mass is 9.75. The van der Waals surface area contributed by atoms with Crippen molar-refractivity contribution in [2.24, 2.45) is 17.3 Å². The predicted molar refractivity (Wildman–Crippen MR) is 132 cm³/mol. The molecule has 6 heteroatoms. The lowest BCUT2D eigenvalue weighted by molar-refractivity contribution is -0.156. The van der Waals surface area contributed by atoms with Gasteiger partial charge < -0.3 is 9.84 Å². The molecular weight excluding hydrogens is 422 g/mol. The molecule has 32 heavy (non-hydrogen) atoms. The summed E-state index contributed by atoms with van der Waals surface area (Å²) in [6.45, 7) is 11.6. The van der Waals surface area contributed by atoms with E-state index < -0.39 is 23.4 Å². The number of ketones is 1. The molecule has 3 unspecified atom stereocenters. The summed E-state index contributed by atoms with van der Waals surface area (Å²) < 4.78 is 5.21. The highest BCUT2D eigenvalue weighted by Crippen LogP contribution is 2.31. The quantitative estimate of drug-likeness (QED) is 0.399. The molecule has 0 bridgehead atoms. The summed E-state index contributed by atoms with van der Waals surface area (Å²) in [6.07, 6.45) is 12.3. The summed E-state index contributed by atoms with van der Waals surface area (Å²) in [5.74, 6) is -0.630. The van der Waals surface area contributed by atoms with E-state index in [2.05, 4.69) is 23.4 Å². The maximum atomic E-state index is 12.5. The van der Waals surface area contributed by atoms with Gasteiger partial charge in [-0.15, -0.1) is 11.3 Å². The molecule has 1 aromatic rings. The van der Waals surface area contributed by atoms with Crippen molar-refractivity contribution in [3.63, 3.8) is 0 Å². The molecule has 5 nitrogen and oxygen atoms in total. The summed E-state index contributed by atoms with van der Waals surface area (Å²) in [6, 6.07) is 0. The molecule has 1 aliphatic heterocycles. The molecule has 0 radical (unpaired) electrons. The molecule has 0 amide bonds. The van der Waals surface area contributed by atoms with Gasteiger partial charge in [-0.05, 0) is 58.4 Å². The number of cyclic esters (lactones) is 1. The Kier molecular flexibility index (Phi) is 12.7. The molecule has 0 fully saturated rings. The topological polar surface area (TPSA) is 76.5 Å². The molecule has 0 aliphatic carbocycles. The summed E-state index contributed by atoms with van der Waals surface area (Å²) in [5.41, 5.74) is 0.134. The largest absolute Gasteiger partial charge is 0.465 e. The van der Waals surface area contributed by atoms with Gasteiger partial charge in [0.15, 0.2) is 0 Å². The highest BCUT2D eigenvalue weighted by Gasteiger charge is 2.41. The number of Topliss-reactive ketones (excluding diaryl/α,β-unsaturated/α-hetero) is 1. The smallest absolute Gasteiger partial charge is 0.311 e. The minimum absolute atomic E-state index is 0.0171. The van der Waals surface area contributed by atoms with Gasteiger partial charge in [0.25, 0.3) is 0 Å². The zero-order chi connectivity index (χ0) is 24.1. The standard InChI is InChI=1S/C19H32O4.C7H9NS/c1-14-10-8-6-5-7-9-13-23-18(22)15(2)17(21)19(3,4)16(20)12-11-14;1-3-4-7-5-9-6(2)8-7/h5,7,14-15,17,21H,6,8-13H2,1-4H3;3-5H,1-2H3/b7-5-;4-3-. The summed E-state index contributed by atoms with van der Waals surface area (Å²) in [5, 5.41) is 13.7. The second-order valence-electron chi connectivity index (χ2n) is 9.17. The zero-order valence-electron chi connectivity index (χ0n) is 20.6. The van der Waals surface area contributed by atoms with Gasteiger partial charge >= 0.3 is 5.97 Å². The van der Waals surface area contributed by atoms with Crippen molar-refractivity contribution >= 4 is 29.2 Å². The van der Waals surface area contributed by atoms with Crippen LogP contribution in [0.25, 0.3) is 6.08 Å². The number of allylic oxidation sites excluding steroid dienone is 2. The summed E-state index contributed by atoms with van der Waals surface area (Å²) in [4.78, 5) is 28.8. The van der Waals surface area contributed by atoms with Crippen LogP contribution < -0.4 is 0 Å². The number of aliphatic hydroxyl groups excluding tert-OH is 1. The van der Waals surface area contributed by atoms with E-state index in [1.165, 1.54) is 0 Å². The first-order chi connectivity index (χ1) is 15.1. The first kappa shape index (κ1) is 28.2. The van der Waals surface area contributed by atoms with Gasteiger partial charge in [0.2, 0.25) is 0 Å². The minimum Gasteiger partial charge on any atom is -0.465 e. The first-order valence-electron chi connectivity index (χ1n) is 11.7. The zero-order valence-corrected chi connectivity index (χ0v) is 21.4. The Morgan fingerprint density at radius 3 is 2.50 bits per heavy atom. The first-order valence-corrected chi connectivity index (χ1v) is 12.5. The second-order valence-corrected chi connectivity index (χ2v) is 10.2. The molecule has 0 aromatic carbocycles. The van der Waals surface area contributed by atoms with Gasteiger partial charge in [-0.3, -0.25) is 9.59 Å². The third-order valence-corrected chi connectivity index (χ3v) is 6.70. The van der Waals surface area contributed by atoms with Crippen molar-refractivity contribution in [2.45, 2.75) is 86.2 Å². The van der Waals surface area contributed by atoms with Crippen LogP contribution in [0.5, 0.6) is 0 Å². The van der Waals surface area contributed by atoms with Crippen LogP contribution in [0.2, 0.25) is 0 Å². The molecule has 0 saturated heterocycles. The van der Waals surface area contributed by atoms with Gasteiger partial charge in [0.1, 0.15) is 5.78 Å². The van der Waals surface area contributed by atoms with Crippen LogP contribution in [0.1, 0.15) is 83.8 Å². The number of aliphatic hydroxyl groups is 1. The van der Waals surface area contributed by atoms with Crippen molar-refractivity contribution in [2.75, 3.05) is 6.61 Å². The van der Waals surface area contributed by atoms with Crippen molar-refractivity contribution in [3.8, 4) is 0 Å². The van der Waals surface area contributed by atoms with E-state index >= 15 is 0 Å². The van der Waals surface area contributed by atoms with Crippen LogP contribution >= 0.6 is 11.3 Å². The van der Waals surface area contributed by atoms with Gasteiger partial charge in [0.05, 0.1) is 34.7 Å². The number of aromatic nitrogens is 1. The number of thiazole rings is 1. The average molecular weight is 464 g/mol. The molecule has 1 aliphatic rings. The fourth-order valence-electron chi connectivity index (χ4n) is 3.57. The Hall–Kier alpha value is -1.79.